The van der Waals surface area contributed by atoms with E-state index in [1.165, 1.54) is 12.1 Å². The van der Waals surface area contributed by atoms with E-state index in [4.69, 9.17) is 0 Å². The molecule has 0 spiro atoms. The van der Waals surface area contributed by atoms with Gasteiger partial charge in [-0.3, -0.25) is 20.1 Å². The smallest absolute Gasteiger partial charge is 0.264 e. The number of hydrogen-bond donors (Lipinski definition) is 0. The minimum atomic E-state index is -0.410. The van der Waals surface area contributed by atoms with Crippen LogP contribution in [-0.2, 0) is 0 Å². The molecule has 4 rings (SSSR count). The molecule has 27 heavy (non-hydrogen) atoms. The lowest BCUT2D eigenvalue weighted by Gasteiger charge is -2.07. The summed E-state index contributed by atoms with van der Waals surface area (Å²) < 4.78 is 1.64. The number of pyridine rings is 2. The summed E-state index contributed by atoms with van der Waals surface area (Å²) >= 11 is 0. The fraction of sp³-hybridized carbons (Fsp3) is 0.0500. The molecule has 0 N–H and O–H groups in total. The van der Waals surface area contributed by atoms with Crippen LogP contribution in [-0.4, -0.2) is 24.7 Å². The Kier molecular flexibility index (Phi) is 4.18. The third kappa shape index (κ3) is 3.18. The van der Waals surface area contributed by atoms with Gasteiger partial charge in [0.25, 0.3) is 5.69 Å². The second-order valence-electron chi connectivity index (χ2n) is 6.04. The molecule has 0 atom stereocenters. The molecular weight excluding hydrogens is 342 g/mol. The van der Waals surface area contributed by atoms with E-state index in [2.05, 4.69) is 15.1 Å². The average Bonchev–Trinajstić information content (AvgIpc) is 3.18. The topological polar surface area (TPSA) is 86.7 Å². The standard InChI is InChI=1S/C20H15N5O2/c1-14-6-7-17(25(26)27)10-19(14)24-13-16(12-23-24)20-18(5-3-9-22-20)15-4-2-8-21-11-15/h2-13H,1H3. The maximum atomic E-state index is 11.1. The molecule has 3 aromatic heterocycles. The molecule has 0 aliphatic carbocycles. The zero-order valence-electron chi connectivity index (χ0n) is 14.5. The summed E-state index contributed by atoms with van der Waals surface area (Å²) in [5.41, 5.74) is 5.08. The van der Waals surface area contributed by atoms with E-state index in [1.54, 1.807) is 35.5 Å². The predicted molar refractivity (Wildman–Crippen MR) is 101 cm³/mol. The Bertz CT molecular complexity index is 1120. The number of aryl methyl sites for hydroxylation is 1. The third-order valence-corrected chi connectivity index (χ3v) is 4.29. The van der Waals surface area contributed by atoms with Crippen molar-refractivity contribution >= 4 is 5.69 Å². The van der Waals surface area contributed by atoms with Gasteiger partial charge in [0.1, 0.15) is 0 Å². The van der Waals surface area contributed by atoms with Crippen LogP contribution >= 0.6 is 0 Å². The normalized spacial score (nSPS) is 10.7. The molecule has 4 aromatic rings. The van der Waals surface area contributed by atoms with Crippen LogP contribution in [0.1, 0.15) is 5.56 Å². The molecule has 7 nitrogen and oxygen atoms in total. The number of nitrogens with zero attached hydrogens (tertiary/aromatic N) is 5. The molecular formula is C20H15N5O2. The second kappa shape index (κ2) is 6.80. The van der Waals surface area contributed by atoms with Crippen molar-refractivity contribution in [3.8, 4) is 28.1 Å². The highest BCUT2D eigenvalue weighted by Crippen LogP contribution is 2.30. The van der Waals surface area contributed by atoms with Crippen LogP contribution in [0.4, 0.5) is 5.69 Å². The maximum absolute atomic E-state index is 11.1. The molecule has 0 aliphatic rings. The van der Waals surface area contributed by atoms with Crippen LogP contribution in [0, 0.1) is 17.0 Å². The van der Waals surface area contributed by atoms with Gasteiger partial charge in [0.05, 0.1) is 22.5 Å². The first-order valence-electron chi connectivity index (χ1n) is 8.29. The van der Waals surface area contributed by atoms with E-state index in [0.717, 1.165) is 27.9 Å². The van der Waals surface area contributed by atoms with Crippen LogP contribution in [0.3, 0.4) is 0 Å². The van der Waals surface area contributed by atoms with E-state index < -0.39 is 4.92 Å². The first-order chi connectivity index (χ1) is 13.1. The number of nitro groups is 1. The Morgan fingerprint density at radius 3 is 2.67 bits per heavy atom. The molecule has 7 heteroatoms. The van der Waals surface area contributed by atoms with Gasteiger partial charge in [-0.2, -0.15) is 5.10 Å². The lowest BCUT2D eigenvalue weighted by molar-refractivity contribution is -0.384. The minimum Gasteiger partial charge on any atom is -0.264 e. The average molecular weight is 357 g/mol. The summed E-state index contributed by atoms with van der Waals surface area (Å²) in [7, 11) is 0. The Morgan fingerprint density at radius 2 is 1.89 bits per heavy atom. The van der Waals surface area contributed by atoms with Crippen molar-refractivity contribution in [1.29, 1.82) is 0 Å². The molecule has 0 saturated heterocycles. The van der Waals surface area contributed by atoms with Crippen molar-refractivity contribution in [2.45, 2.75) is 6.92 Å². The van der Waals surface area contributed by atoms with E-state index in [0.29, 0.717) is 5.69 Å². The van der Waals surface area contributed by atoms with Crippen molar-refractivity contribution in [2.75, 3.05) is 0 Å². The first-order valence-corrected chi connectivity index (χ1v) is 8.29. The lowest BCUT2D eigenvalue weighted by Crippen LogP contribution is -1.99. The van der Waals surface area contributed by atoms with Crippen LogP contribution in [0.15, 0.2) is 73.4 Å². The molecule has 0 bridgehead atoms. The van der Waals surface area contributed by atoms with Gasteiger partial charge in [-0.1, -0.05) is 18.2 Å². The molecule has 0 fully saturated rings. The molecule has 0 radical (unpaired) electrons. The molecule has 3 heterocycles. The Morgan fingerprint density at radius 1 is 1.04 bits per heavy atom. The second-order valence-corrected chi connectivity index (χ2v) is 6.04. The molecule has 0 amide bonds. The number of nitro benzene ring substituents is 1. The van der Waals surface area contributed by atoms with Crippen molar-refractivity contribution < 1.29 is 4.92 Å². The van der Waals surface area contributed by atoms with Crippen LogP contribution < -0.4 is 0 Å². The van der Waals surface area contributed by atoms with Crippen molar-refractivity contribution in [1.82, 2.24) is 19.7 Å². The van der Waals surface area contributed by atoms with Crippen molar-refractivity contribution in [3.63, 3.8) is 0 Å². The van der Waals surface area contributed by atoms with Crippen LogP contribution in [0.2, 0.25) is 0 Å². The first kappa shape index (κ1) is 16.6. The molecule has 0 unspecified atom stereocenters. The lowest BCUT2D eigenvalue weighted by atomic mass is 10.0. The van der Waals surface area contributed by atoms with Crippen molar-refractivity contribution in [2.24, 2.45) is 0 Å². The molecule has 1 aromatic carbocycles. The highest BCUT2D eigenvalue weighted by Gasteiger charge is 2.14. The highest BCUT2D eigenvalue weighted by molar-refractivity contribution is 5.79. The number of aromatic nitrogens is 4. The summed E-state index contributed by atoms with van der Waals surface area (Å²) in [4.78, 5) is 19.4. The zero-order valence-corrected chi connectivity index (χ0v) is 14.5. The fourth-order valence-corrected chi connectivity index (χ4v) is 2.93. The van der Waals surface area contributed by atoms with Gasteiger partial charge < -0.3 is 0 Å². The summed E-state index contributed by atoms with van der Waals surface area (Å²) in [6.45, 7) is 1.89. The van der Waals surface area contributed by atoms with Gasteiger partial charge in [0, 0.05) is 53.6 Å². The minimum absolute atomic E-state index is 0.0292. The molecule has 0 saturated carbocycles. The molecule has 132 valence electrons. The summed E-state index contributed by atoms with van der Waals surface area (Å²) in [5.74, 6) is 0. The number of non-ortho nitro benzene ring substituents is 1. The number of rotatable bonds is 4. The summed E-state index contributed by atoms with van der Waals surface area (Å²) in [5, 5.41) is 15.5. The van der Waals surface area contributed by atoms with Crippen molar-refractivity contribution in [3.05, 3.63) is 89.1 Å². The Labute approximate surface area is 155 Å². The van der Waals surface area contributed by atoms with Gasteiger partial charge in [0.2, 0.25) is 0 Å². The third-order valence-electron chi connectivity index (χ3n) is 4.29. The van der Waals surface area contributed by atoms with Gasteiger partial charge in [0.15, 0.2) is 0 Å². The van der Waals surface area contributed by atoms with Gasteiger partial charge in [-0.05, 0) is 24.6 Å². The maximum Gasteiger partial charge on any atom is 0.271 e. The van der Waals surface area contributed by atoms with Gasteiger partial charge in [-0.15, -0.1) is 0 Å². The highest BCUT2D eigenvalue weighted by atomic mass is 16.6. The number of hydrogen-bond acceptors (Lipinski definition) is 5. The number of benzene rings is 1. The molecule has 0 aliphatic heterocycles. The van der Waals surface area contributed by atoms with E-state index in [-0.39, 0.29) is 5.69 Å². The van der Waals surface area contributed by atoms with Gasteiger partial charge >= 0.3 is 0 Å². The zero-order chi connectivity index (χ0) is 18.8. The fourth-order valence-electron chi connectivity index (χ4n) is 2.93. The summed E-state index contributed by atoms with van der Waals surface area (Å²) in [6, 6.07) is 12.4. The van der Waals surface area contributed by atoms with Gasteiger partial charge in [-0.25, -0.2) is 4.68 Å². The van der Waals surface area contributed by atoms with E-state index in [9.17, 15) is 10.1 Å². The monoisotopic (exact) mass is 357 g/mol. The van der Waals surface area contributed by atoms with E-state index in [1.807, 2.05) is 37.4 Å². The SMILES string of the molecule is Cc1ccc([N+](=O)[O-])cc1-n1cc(-c2ncccc2-c2cccnc2)cn1. The summed E-state index contributed by atoms with van der Waals surface area (Å²) in [6.07, 6.45) is 8.78. The Balaban J connectivity index is 1.79. The quantitative estimate of drug-likeness (QED) is 0.403. The Hall–Kier alpha value is -3.87. The van der Waals surface area contributed by atoms with Crippen LogP contribution in [0.25, 0.3) is 28.1 Å². The predicted octanol–water partition coefficient (Wildman–Crippen LogP) is 4.21. The van der Waals surface area contributed by atoms with E-state index >= 15 is 0 Å². The van der Waals surface area contributed by atoms with Crippen LogP contribution in [0.5, 0.6) is 0 Å². The largest absolute Gasteiger partial charge is 0.271 e.